The molecule has 86 valence electrons. The Balaban J connectivity index is 2.29. The second-order valence-electron chi connectivity index (χ2n) is 5.97. The van der Waals surface area contributed by atoms with Gasteiger partial charge in [0, 0.05) is 5.97 Å². The van der Waals surface area contributed by atoms with Crippen LogP contribution >= 0.6 is 0 Å². The summed E-state index contributed by atoms with van der Waals surface area (Å²) < 4.78 is 0. The van der Waals surface area contributed by atoms with Gasteiger partial charge >= 0.3 is 0 Å². The third-order valence-electron chi connectivity index (χ3n) is 5.35. The molecule has 0 radical (unpaired) electrons. The molecule has 0 aliphatic heterocycles. The van der Waals surface area contributed by atoms with Crippen molar-refractivity contribution in [3.63, 3.8) is 0 Å². The van der Waals surface area contributed by atoms with Crippen molar-refractivity contribution in [1.29, 1.82) is 0 Å². The molecule has 4 atom stereocenters. The number of fused-ring (bicyclic) bond motifs is 2. The first kappa shape index (κ1) is 10.9. The number of aliphatic hydroxyl groups excluding tert-OH is 1. The number of hydrogen-bond acceptors (Lipinski definition) is 3. The summed E-state index contributed by atoms with van der Waals surface area (Å²) in [6.07, 6.45) is 1.57. The van der Waals surface area contributed by atoms with Crippen molar-refractivity contribution in [2.75, 3.05) is 0 Å². The van der Waals surface area contributed by atoms with Crippen molar-refractivity contribution in [3.8, 4) is 0 Å². The van der Waals surface area contributed by atoms with E-state index in [-0.39, 0.29) is 23.2 Å². The minimum absolute atomic E-state index is 0.00481. The van der Waals surface area contributed by atoms with Gasteiger partial charge in [0.15, 0.2) is 0 Å². The van der Waals surface area contributed by atoms with E-state index in [0.717, 1.165) is 12.8 Å². The minimum atomic E-state index is -1.04. The van der Waals surface area contributed by atoms with Gasteiger partial charge in [0.2, 0.25) is 0 Å². The predicted octanol–water partition coefficient (Wildman–Crippen LogP) is 0.560. The van der Waals surface area contributed by atoms with Gasteiger partial charge in [-0.15, -0.1) is 0 Å². The Labute approximate surface area is 90.5 Å². The number of aliphatic hydroxyl groups is 1. The Kier molecular flexibility index (Phi) is 2.16. The zero-order valence-electron chi connectivity index (χ0n) is 9.62. The summed E-state index contributed by atoms with van der Waals surface area (Å²) in [7, 11) is 0. The number of carboxylic acid groups (broad SMARTS) is 1. The molecule has 0 unspecified atom stereocenters. The van der Waals surface area contributed by atoms with Crippen LogP contribution in [0.4, 0.5) is 0 Å². The molecule has 15 heavy (non-hydrogen) atoms. The van der Waals surface area contributed by atoms with Gasteiger partial charge in [-0.05, 0) is 41.9 Å². The second-order valence-corrected chi connectivity index (χ2v) is 5.97. The van der Waals surface area contributed by atoms with Gasteiger partial charge in [-0.2, -0.15) is 0 Å². The van der Waals surface area contributed by atoms with Crippen LogP contribution in [0.5, 0.6) is 0 Å². The van der Waals surface area contributed by atoms with Crippen molar-refractivity contribution < 1.29 is 15.0 Å². The van der Waals surface area contributed by atoms with E-state index in [2.05, 4.69) is 20.8 Å². The molecule has 1 N–H and O–H groups in total. The van der Waals surface area contributed by atoms with Crippen LogP contribution in [0.15, 0.2) is 0 Å². The molecule has 2 aliphatic rings. The van der Waals surface area contributed by atoms with Crippen LogP contribution in [0.3, 0.4) is 0 Å². The average Bonchev–Trinajstić information content (AvgIpc) is 2.40. The van der Waals surface area contributed by atoms with Crippen LogP contribution in [0, 0.1) is 22.7 Å². The van der Waals surface area contributed by atoms with Crippen molar-refractivity contribution in [2.45, 2.75) is 46.1 Å². The Morgan fingerprint density at radius 2 is 2.07 bits per heavy atom. The summed E-state index contributed by atoms with van der Waals surface area (Å²) in [4.78, 5) is 10.7. The Bertz CT molecular complexity index is 297. The van der Waals surface area contributed by atoms with Gasteiger partial charge in [-0.1, -0.05) is 20.8 Å². The molecule has 2 fully saturated rings. The van der Waals surface area contributed by atoms with Crippen LogP contribution < -0.4 is 5.11 Å². The van der Waals surface area contributed by atoms with Crippen molar-refractivity contribution in [2.24, 2.45) is 22.7 Å². The van der Waals surface area contributed by atoms with Gasteiger partial charge in [-0.3, -0.25) is 0 Å². The number of rotatable bonds is 2. The van der Waals surface area contributed by atoms with Gasteiger partial charge in [0.1, 0.15) is 0 Å². The first-order valence-electron chi connectivity index (χ1n) is 5.68. The Hall–Kier alpha value is -0.570. The topological polar surface area (TPSA) is 60.4 Å². The molecule has 3 nitrogen and oxygen atoms in total. The standard InChI is InChI=1S/C12H20O3/c1-11(2)8-4-5-12(11,3)10(15)7(8)6-9(13)14/h7-8,10,15H,4-6H2,1-3H3,(H,13,14)/p-1/t7-,8+,10-,12-/m1/s1. The second kappa shape index (κ2) is 2.97. The largest absolute Gasteiger partial charge is 0.550 e. The lowest BCUT2D eigenvalue weighted by molar-refractivity contribution is -0.307. The number of carboxylic acids is 1. The number of hydrogen-bond donors (Lipinski definition) is 1. The van der Waals surface area contributed by atoms with E-state index in [1.807, 2.05) is 0 Å². The number of carbonyl (C=O) groups is 1. The fourth-order valence-electron chi connectivity index (χ4n) is 3.98. The first-order valence-corrected chi connectivity index (χ1v) is 5.68. The molecule has 2 bridgehead atoms. The maximum absolute atomic E-state index is 10.7. The van der Waals surface area contributed by atoms with Crippen LogP contribution in [-0.2, 0) is 4.79 Å². The predicted molar refractivity (Wildman–Crippen MR) is 53.7 cm³/mol. The number of carbonyl (C=O) groups excluding carboxylic acids is 1. The van der Waals surface area contributed by atoms with E-state index in [9.17, 15) is 15.0 Å². The zero-order valence-corrected chi connectivity index (χ0v) is 9.62. The molecular formula is C12H19O3-. The monoisotopic (exact) mass is 211 g/mol. The smallest absolute Gasteiger partial charge is 0.0633 e. The van der Waals surface area contributed by atoms with Gasteiger partial charge in [0.05, 0.1) is 6.10 Å². The Morgan fingerprint density at radius 3 is 2.47 bits per heavy atom. The highest BCUT2D eigenvalue weighted by molar-refractivity contribution is 5.65. The van der Waals surface area contributed by atoms with Gasteiger partial charge in [-0.25, -0.2) is 0 Å². The van der Waals surface area contributed by atoms with E-state index < -0.39 is 12.1 Å². The lowest BCUT2D eigenvalue weighted by Crippen LogP contribution is -2.39. The lowest BCUT2D eigenvalue weighted by atomic mass is 9.70. The summed E-state index contributed by atoms with van der Waals surface area (Å²) in [5.41, 5.74) is -0.0652. The maximum Gasteiger partial charge on any atom is 0.0633 e. The quantitative estimate of drug-likeness (QED) is 0.726. The minimum Gasteiger partial charge on any atom is -0.550 e. The first-order chi connectivity index (χ1) is 6.80. The normalized spacial score (nSPS) is 47.1. The van der Waals surface area contributed by atoms with Crippen molar-refractivity contribution >= 4 is 5.97 Å². The third-order valence-corrected chi connectivity index (χ3v) is 5.35. The summed E-state index contributed by atoms with van der Waals surface area (Å²) >= 11 is 0. The van der Waals surface area contributed by atoms with E-state index >= 15 is 0 Å². The highest BCUT2D eigenvalue weighted by Crippen LogP contribution is 2.68. The lowest BCUT2D eigenvalue weighted by Gasteiger charge is -2.37. The fraction of sp³-hybridized carbons (Fsp3) is 0.917. The zero-order chi connectivity index (χ0) is 11.4. The molecule has 0 aromatic rings. The van der Waals surface area contributed by atoms with Crippen LogP contribution in [-0.4, -0.2) is 17.2 Å². The SMILES string of the molecule is CC1(C)[C@H]2CC[C@]1(C)[C@H](O)[C@@H]2CC(=O)[O-]. The number of aliphatic carboxylic acids is 1. The van der Waals surface area contributed by atoms with Crippen LogP contribution in [0.2, 0.25) is 0 Å². The van der Waals surface area contributed by atoms with Crippen LogP contribution in [0.25, 0.3) is 0 Å². The van der Waals surface area contributed by atoms with Crippen LogP contribution in [0.1, 0.15) is 40.0 Å². The van der Waals surface area contributed by atoms with Gasteiger partial charge < -0.3 is 15.0 Å². The van der Waals surface area contributed by atoms with E-state index in [1.54, 1.807) is 0 Å². The molecule has 2 saturated carbocycles. The molecule has 3 heteroatoms. The maximum atomic E-state index is 10.7. The summed E-state index contributed by atoms with van der Waals surface area (Å²) in [5, 5.41) is 20.9. The molecule has 0 saturated heterocycles. The van der Waals surface area contributed by atoms with E-state index in [1.165, 1.54) is 0 Å². The fourth-order valence-corrected chi connectivity index (χ4v) is 3.98. The highest BCUT2D eigenvalue weighted by Gasteiger charge is 2.65. The average molecular weight is 211 g/mol. The van der Waals surface area contributed by atoms with E-state index in [4.69, 9.17) is 0 Å². The van der Waals surface area contributed by atoms with Crippen molar-refractivity contribution in [3.05, 3.63) is 0 Å². The third kappa shape index (κ3) is 1.19. The summed E-state index contributed by atoms with van der Waals surface area (Å²) in [6.45, 7) is 6.40. The molecule has 0 heterocycles. The van der Waals surface area contributed by atoms with Gasteiger partial charge in [0.25, 0.3) is 0 Å². The van der Waals surface area contributed by atoms with E-state index in [0.29, 0.717) is 5.92 Å². The molecule has 2 rings (SSSR count). The molecule has 0 aromatic heterocycles. The summed E-state index contributed by atoms with van der Waals surface area (Å²) in [6, 6.07) is 0. The molecule has 0 aromatic carbocycles. The van der Waals surface area contributed by atoms with Crippen molar-refractivity contribution in [1.82, 2.24) is 0 Å². The Morgan fingerprint density at radius 1 is 1.47 bits per heavy atom. The molecular weight excluding hydrogens is 192 g/mol. The molecule has 0 spiro atoms. The summed E-state index contributed by atoms with van der Waals surface area (Å²) in [5.74, 6) is -0.815. The molecule has 2 aliphatic carbocycles. The highest BCUT2D eigenvalue weighted by atomic mass is 16.4. The molecule has 0 amide bonds.